The molecule has 2 atom stereocenters. The van der Waals surface area contributed by atoms with Crippen LogP contribution in [0.4, 0.5) is 5.69 Å². The Hall–Kier alpha value is -3.82. The number of nitrogens with zero attached hydrogens (tertiary/aromatic N) is 1. The number of aromatic hydroxyl groups is 4. The van der Waals surface area contributed by atoms with E-state index in [9.17, 15) is 25.5 Å². The number of rotatable bonds is 2. The largest absolute Gasteiger partial charge is 0.508 e. The van der Waals surface area contributed by atoms with Gasteiger partial charge in [0.15, 0.2) is 11.2 Å². The minimum Gasteiger partial charge on any atom is -0.508 e. The second-order valence-corrected chi connectivity index (χ2v) is 7.24. The minimum absolute atomic E-state index is 0.00958. The van der Waals surface area contributed by atoms with Gasteiger partial charge in [-0.15, -0.1) is 0 Å². The molecule has 4 rings (SSSR count). The highest BCUT2D eigenvalue weighted by Gasteiger charge is 2.39. The first kappa shape index (κ1) is 20.5. The summed E-state index contributed by atoms with van der Waals surface area (Å²) in [4.78, 5) is 4.30. The van der Waals surface area contributed by atoms with Gasteiger partial charge in [0.25, 0.3) is 0 Å². The lowest BCUT2D eigenvalue weighted by atomic mass is 9.91. The van der Waals surface area contributed by atoms with Gasteiger partial charge < -0.3 is 35.6 Å². The van der Waals surface area contributed by atoms with Crippen LogP contribution >= 0.6 is 12.2 Å². The van der Waals surface area contributed by atoms with E-state index in [-0.39, 0.29) is 50.7 Å². The van der Waals surface area contributed by atoms with Crippen molar-refractivity contribution >= 4 is 28.7 Å². The van der Waals surface area contributed by atoms with Gasteiger partial charge in [0.1, 0.15) is 34.9 Å². The molecule has 3 aromatic rings. The van der Waals surface area contributed by atoms with Gasteiger partial charge in [0, 0.05) is 29.4 Å². The van der Waals surface area contributed by atoms with Crippen molar-refractivity contribution in [2.75, 3.05) is 5.32 Å². The quantitative estimate of drug-likeness (QED) is 0.336. The number of ether oxygens (including phenoxy) is 1. The Morgan fingerprint density at radius 3 is 2.32 bits per heavy atom. The summed E-state index contributed by atoms with van der Waals surface area (Å²) in [5, 5.41) is 54.1. The monoisotopic (exact) mass is 438 g/mol. The van der Waals surface area contributed by atoms with Crippen molar-refractivity contribution in [2.45, 2.75) is 12.2 Å². The summed E-state index contributed by atoms with van der Waals surface area (Å²) in [6, 6.07) is 15.2. The van der Waals surface area contributed by atoms with E-state index in [1.54, 1.807) is 12.1 Å². The molecule has 31 heavy (non-hydrogen) atoms. The van der Waals surface area contributed by atoms with E-state index in [1.807, 2.05) is 18.2 Å². The van der Waals surface area contributed by atoms with E-state index in [1.165, 1.54) is 18.2 Å². The van der Waals surface area contributed by atoms with Gasteiger partial charge in [-0.05, 0) is 36.5 Å². The van der Waals surface area contributed by atoms with Gasteiger partial charge in [0.05, 0.1) is 11.3 Å². The Labute approximate surface area is 182 Å². The average Bonchev–Trinajstić information content (AvgIpc) is 2.70. The summed E-state index contributed by atoms with van der Waals surface area (Å²) < 4.78 is 5.79. The summed E-state index contributed by atoms with van der Waals surface area (Å²) in [7, 11) is 0. The summed E-state index contributed by atoms with van der Waals surface area (Å²) in [5.74, 6) is -1.04. The number of nitrogens with one attached hydrogen (secondary N) is 1. The van der Waals surface area contributed by atoms with E-state index in [0.29, 0.717) is 5.69 Å². The zero-order valence-electron chi connectivity index (χ0n) is 15.9. The Balaban J connectivity index is 1.79. The third-order valence-corrected chi connectivity index (χ3v) is 4.90. The van der Waals surface area contributed by atoms with Crippen molar-refractivity contribution in [3.8, 4) is 28.7 Å². The van der Waals surface area contributed by atoms with Gasteiger partial charge in [0.2, 0.25) is 0 Å². The molecule has 1 heterocycles. The van der Waals surface area contributed by atoms with Crippen molar-refractivity contribution in [2.24, 2.45) is 4.99 Å². The number of phenols is 4. The van der Waals surface area contributed by atoms with Crippen molar-refractivity contribution in [3.05, 3.63) is 71.8 Å². The van der Waals surface area contributed by atoms with Crippen LogP contribution < -0.4 is 10.1 Å². The van der Waals surface area contributed by atoms with Crippen LogP contribution in [0.15, 0.2) is 65.7 Å². The molecule has 0 aliphatic carbocycles. The van der Waals surface area contributed by atoms with E-state index >= 15 is 0 Å². The van der Waals surface area contributed by atoms with Crippen molar-refractivity contribution < 1.29 is 30.3 Å². The molecule has 1 aliphatic heterocycles. The fraction of sp³-hybridized carbons (Fsp3) is 0.0909. The van der Waals surface area contributed by atoms with Crippen molar-refractivity contribution in [3.63, 3.8) is 0 Å². The van der Waals surface area contributed by atoms with Crippen LogP contribution in [0.5, 0.6) is 28.7 Å². The molecule has 3 aromatic carbocycles. The molecule has 0 amide bonds. The summed E-state index contributed by atoms with van der Waals surface area (Å²) in [6.45, 7) is 0. The number of anilines is 1. The molecule has 0 saturated carbocycles. The van der Waals surface area contributed by atoms with E-state index in [0.717, 1.165) is 12.1 Å². The second kappa shape index (κ2) is 8.13. The predicted molar refractivity (Wildman–Crippen MR) is 118 cm³/mol. The first-order valence-corrected chi connectivity index (χ1v) is 9.62. The highest BCUT2D eigenvalue weighted by Crippen LogP contribution is 2.44. The number of aliphatic imine (C=N–C) groups is 1. The summed E-state index contributed by atoms with van der Waals surface area (Å²) in [6.07, 6.45) is -2.58. The Morgan fingerprint density at radius 2 is 1.61 bits per heavy atom. The van der Waals surface area contributed by atoms with Gasteiger partial charge in [-0.2, -0.15) is 0 Å². The topological polar surface area (TPSA) is 135 Å². The van der Waals surface area contributed by atoms with E-state index in [4.69, 9.17) is 17.0 Å². The molecule has 1 aliphatic rings. The Bertz CT molecular complexity index is 1180. The van der Waals surface area contributed by atoms with Crippen LogP contribution in [0, 0.1) is 0 Å². The second-order valence-electron chi connectivity index (χ2n) is 6.86. The highest BCUT2D eigenvalue weighted by molar-refractivity contribution is 7.80. The van der Waals surface area contributed by atoms with Crippen LogP contribution in [0.2, 0.25) is 0 Å². The smallest absolute Gasteiger partial charge is 0.197 e. The lowest BCUT2D eigenvalue weighted by Gasteiger charge is -2.32. The summed E-state index contributed by atoms with van der Waals surface area (Å²) >= 11 is 5.30. The minimum atomic E-state index is -1.44. The molecule has 0 aromatic heterocycles. The zero-order chi connectivity index (χ0) is 22.1. The SMILES string of the molecule is Oc1ccc(C2Oc3cc(O)cc(O)c3/C(=N/C(=S)Nc3ccccc3)C2O)c(O)c1. The first-order chi connectivity index (χ1) is 14.8. The number of benzene rings is 3. The van der Waals surface area contributed by atoms with Crippen molar-refractivity contribution in [1.29, 1.82) is 0 Å². The molecule has 158 valence electrons. The average molecular weight is 438 g/mol. The molecule has 0 saturated heterocycles. The van der Waals surface area contributed by atoms with Crippen molar-refractivity contribution in [1.82, 2.24) is 0 Å². The third-order valence-electron chi connectivity index (χ3n) is 4.71. The first-order valence-electron chi connectivity index (χ1n) is 9.21. The number of fused-ring (bicyclic) bond motifs is 1. The van der Waals surface area contributed by atoms with E-state index < -0.39 is 12.2 Å². The lowest BCUT2D eigenvalue weighted by molar-refractivity contribution is 0.0691. The number of aliphatic hydroxyl groups excluding tert-OH is 1. The zero-order valence-corrected chi connectivity index (χ0v) is 16.7. The van der Waals surface area contributed by atoms with Crippen LogP contribution in [0.25, 0.3) is 0 Å². The maximum atomic E-state index is 11.0. The normalized spacial score (nSPS) is 18.8. The molecular weight excluding hydrogens is 420 g/mol. The van der Waals surface area contributed by atoms with Gasteiger partial charge >= 0.3 is 0 Å². The van der Waals surface area contributed by atoms with Gasteiger partial charge in [-0.3, -0.25) is 0 Å². The van der Waals surface area contributed by atoms with Gasteiger partial charge in [-0.1, -0.05) is 18.2 Å². The third kappa shape index (κ3) is 4.09. The van der Waals surface area contributed by atoms with Crippen LogP contribution in [0.3, 0.4) is 0 Å². The maximum Gasteiger partial charge on any atom is 0.197 e. The Morgan fingerprint density at radius 1 is 0.903 bits per heavy atom. The Kier molecular flexibility index (Phi) is 5.37. The highest BCUT2D eigenvalue weighted by atomic mass is 32.1. The number of hydrogen-bond donors (Lipinski definition) is 6. The maximum absolute atomic E-state index is 11.0. The molecule has 9 heteroatoms. The number of para-hydroxylation sites is 1. The number of aliphatic hydroxyl groups is 1. The summed E-state index contributed by atoms with van der Waals surface area (Å²) in [5.41, 5.74) is 0.913. The molecular formula is C22H18N2O6S. The van der Waals surface area contributed by atoms with Crippen LogP contribution in [0.1, 0.15) is 17.2 Å². The number of thiocarbonyl (C=S) groups is 1. The fourth-order valence-electron chi connectivity index (χ4n) is 3.34. The molecule has 8 nitrogen and oxygen atoms in total. The molecule has 2 unspecified atom stereocenters. The fourth-order valence-corrected chi connectivity index (χ4v) is 3.56. The number of phenolic OH excluding ortho intramolecular Hbond substituents is 4. The van der Waals surface area contributed by atoms with E-state index in [2.05, 4.69) is 10.3 Å². The predicted octanol–water partition coefficient (Wildman–Crippen LogP) is 3.19. The number of hydrogen-bond acceptors (Lipinski definition) is 7. The standard InChI is InChI=1S/C22H18N2O6S/c25-12-6-7-14(15(27)8-12)21-20(29)19(18-16(28)9-13(26)10-17(18)30-21)24-22(31)23-11-4-2-1-3-5-11/h1-10,20-21,25-29H,(H,23,31)/b24-19-. The lowest BCUT2D eigenvalue weighted by Crippen LogP contribution is -2.37. The van der Waals surface area contributed by atoms with Gasteiger partial charge in [-0.25, -0.2) is 4.99 Å². The molecule has 0 spiro atoms. The molecule has 0 fully saturated rings. The molecule has 0 radical (unpaired) electrons. The van der Waals surface area contributed by atoms with Crippen LogP contribution in [-0.2, 0) is 0 Å². The van der Waals surface area contributed by atoms with Crippen LogP contribution in [-0.4, -0.2) is 42.5 Å². The molecule has 6 N–H and O–H groups in total. The molecule has 0 bridgehead atoms.